The third kappa shape index (κ3) is 10.7. The fourth-order valence-electron chi connectivity index (χ4n) is 9.50. The van der Waals surface area contributed by atoms with Crippen LogP contribution in [0.2, 0.25) is 0 Å². The molecule has 1 radical (unpaired) electrons. The largest absolute Gasteiger partial charge is 0.501 e. The smallest absolute Gasteiger partial charge is 0.134 e. The number of aromatic nitrogens is 3. The Morgan fingerprint density at radius 3 is 1.74 bits per heavy atom. The third-order valence-corrected chi connectivity index (χ3v) is 13.8. The van der Waals surface area contributed by atoms with Crippen LogP contribution in [0, 0.1) is 29.6 Å². The molecule has 3 aromatic heterocycles. The monoisotopic (exact) mass is 1160 g/mol. The van der Waals surface area contributed by atoms with Crippen LogP contribution in [0.25, 0.3) is 83.6 Å². The SMILES string of the molecule is CC(C)c1cc(-c2cc(C(C)(C)C)cc(C(C)(C)C)c2)cc(C(C)C)c1-n1c(-c2[c-]ccc3c2oc2cc(-c4c(F)cc(C(C)(C)C)cc4F)ccc23)nc2ccccc21.Fc1c[c-]c(-c2ccccn2)cc1.[Ir]. The average Bonchev–Trinajstić information content (AvgIpc) is 3.91. The molecule has 0 aliphatic carbocycles. The van der Waals surface area contributed by atoms with E-state index in [2.05, 4.69) is 139 Å². The fourth-order valence-corrected chi connectivity index (χ4v) is 9.50. The first-order chi connectivity index (χ1) is 34.5. The molecule has 3 heterocycles. The van der Waals surface area contributed by atoms with Crippen molar-refractivity contribution < 1.29 is 37.7 Å². The molecular formula is C66H64F3IrN3O-2. The Morgan fingerprint density at radius 2 is 1.18 bits per heavy atom. The minimum Gasteiger partial charge on any atom is -0.501 e. The Morgan fingerprint density at radius 1 is 0.581 bits per heavy atom. The van der Waals surface area contributed by atoms with Crippen LogP contribution in [0.5, 0.6) is 0 Å². The Labute approximate surface area is 448 Å². The number of furan rings is 1. The fraction of sp³-hybridized carbons (Fsp3) is 0.273. The van der Waals surface area contributed by atoms with Crippen molar-refractivity contribution in [1.29, 1.82) is 0 Å². The molecule has 0 spiro atoms. The Balaban J connectivity index is 0.000000451. The van der Waals surface area contributed by atoms with Crippen molar-refractivity contribution in [3.05, 3.63) is 197 Å². The van der Waals surface area contributed by atoms with E-state index in [1.807, 2.05) is 63.2 Å². The van der Waals surface area contributed by atoms with Crippen LogP contribution in [-0.2, 0) is 36.4 Å². The molecule has 0 unspecified atom stereocenters. The van der Waals surface area contributed by atoms with Gasteiger partial charge in [0, 0.05) is 43.2 Å². The maximum atomic E-state index is 15.7. The van der Waals surface area contributed by atoms with Crippen molar-refractivity contribution in [3.63, 3.8) is 0 Å². The van der Waals surface area contributed by atoms with E-state index in [1.165, 1.54) is 57.6 Å². The first-order valence-corrected chi connectivity index (χ1v) is 25.3. The van der Waals surface area contributed by atoms with E-state index < -0.39 is 17.0 Å². The maximum Gasteiger partial charge on any atom is 0.134 e. The molecule has 0 amide bonds. The molecule has 0 aliphatic rings. The van der Waals surface area contributed by atoms with Crippen molar-refractivity contribution >= 4 is 33.0 Å². The summed E-state index contributed by atoms with van der Waals surface area (Å²) in [5.41, 5.74) is 14.5. The number of hydrogen-bond acceptors (Lipinski definition) is 3. The van der Waals surface area contributed by atoms with Crippen molar-refractivity contribution in [2.45, 2.75) is 118 Å². The molecule has 0 fully saturated rings. The van der Waals surface area contributed by atoms with Gasteiger partial charge in [0.25, 0.3) is 0 Å². The van der Waals surface area contributed by atoms with Gasteiger partial charge in [-0.3, -0.25) is 9.37 Å². The summed E-state index contributed by atoms with van der Waals surface area (Å²) >= 11 is 0. The molecule has 7 aromatic carbocycles. The summed E-state index contributed by atoms with van der Waals surface area (Å²) in [6.07, 6.45) is 1.70. The average molecular weight is 1160 g/mol. The van der Waals surface area contributed by atoms with Crippen LogP contribution in [-0.4, -0.2) is 14.5 Å². The molecule has 381 valence electrons. The van der Waals surface area contributed by atoms with Crippen molar-refractivity contribution in [3.8, 4) is 50.6 Å². The summed E-state index contributed by atoms with van der Waals surface area (Å²) in [5.74, 6) is -0.383. The molecule has 4 nitrogen and oxygen atoms in total. The van der Waals surface area contributed by atoms with Gasteiger partial charge in [-0.15, -0.1) is 48.0 Å². The summed E-state index contributed by atoms with van der Waals surface area (Å²) < 4.78 is 52.9. The molecule has 74 heavy (non-hydrogen) atoms. The summed E-state index contributed by atoms with van der Waals surface area (Å²) in [4.78, 5) is 9.45. The van der Waals surface area contributed by atoms with Crippen LogP contribution in [0.15, 0.2) is 144 Å². The van der Waals surface area contributed by atoms with Gasteiger partial charge in [0.05, 0.1) is 28.0 Å². The quantitative estimate of drug-likeness (QED) is 0.149. The third-order valence-electron chi connectivity index (χ3n) is 13.8. The van der Waals surface area contributed by atoms with Gasteiger partial charge in [-0.25, -0.2) is 8.78 Å². The summed E-state index contributed by atoms with van der Waals surface area (Å²) in [7, 11) is 0. The predicted octanol–water partition coefficient (Wildman–Crippen LogP) is 18.8. The topological polar surface area (TPSA) is 43.9 Å². The number of imidazole rings is 1. The van der Waals surface area contributed by atoms with E-state index >= 15 is 8.78 Å². The van der Waals surface area contributed by atoms with Gasteiger partial charge in [0.15, 0.2) is 0 Å². The second-order valence-corrected chi connectivity index (χ2v) is 23.0. The Kier molecular flexibility index (Phi) is 14.9. The molecule has 0 saturated carbocycles. The van der Waals surface area contributed by atoms with Gasteiger partial charge in [0.2, 0.25) is 0 Å². The van der Waals surface area contributed by atoms with E-state index in [-0.39, 0.29) is 54.2 Å². The van der Waals surface area contributed by atoms with Gasteiger partial charge in [-0.2, -0.15) is 0 Å². The molecule has 0 bridgehead atoms. The van der Waals surface area contributed by atoms with Crippen molar-refractivity contribution in [2.75, 3.05) is 0 Å². The van der Waals surface area contributed by atoms with Gasteiger partial charge in [-0.1, -0.05) is 156 Å². The minimum atomic E-state index is -0.595. The number of halogens is 3. The summed E-state index contributed by atoms with van der Waals surface area (Å²) in [6, 6.07) is 48.7. The van der Waals surface area contributed by atoms with Crippen LogP contribution < -0.4 is 0 Å². The molecule has 10 aromatic rings. The number of para-hydroxylation sites is 2. The molecule has 0 N–H and O–H groups in total. The molecule has 0 atom stereocenters. The zero-order valence-electron chi connectivity index (χ0n) is 44.7. The number of pyridine rings is 1. The first-order valence-electron chi connectivity index (χ1n) is 25.3. The zero-order valence-corrected chi connectivity index (χ0v) is 47.0. The van der Waals surface area contributed by atoms with E-state index in [0.29, 0.717) is 22.3 Å². The second-order valence-electron chi connectivity index (χ2n) is 23.0. The summed E-state index contributed by atoms with van der Waals surface area (Å²) in [5, 5.41) is 1.73. The first kappa shape index (κ1) is 53.7. The van der Waals surface area contributed by atoms with E-state index in [9.17, 15) is 4.39 Å². The maximum absolute atomic E-state index is 15.7. The van der Waals surface area contributed by atoms with Gasteiger partial charge < -0.3 is 14.0 Å². The van der Waals surface area contributed by atoms with Gasteiger partial charge in [0.1, 0.15) is 17.2 Å². The number of fused-ring (bicyclic) bond motifs is 4. The number of benzene rings is 7. The number of rotatable bonds is 7. The van der Waals surface area contributed by atoms with Gasteiger partial charge >= 0.3 is 0 Å². The zero-order chi connectivity index (χ0) is 52.3. The standard InChI is InChI=1S/C55H57F2N2O.C11H7FN.Ir/c1-31(2)42-25-35(34-23-36(53(5,6)7)28-37(24-34)54(8,9)10)26-43(32(3)4)50(42)59-47-20-15-14-19-46(47)58-52(59)41-18-16-17-40-39-22-21-33(27-48(39)60-51(40)41)49-44(56)29-38(30-45(49)57)55(11,12)13;12-10-6-4-9(5-7-10)11-3-1-2-8-13-11;/h14-17,19-32H,1-13H3;1-4,6-8H;/q2*-1;. The van der Waals surface area contributed by atoms with E-state index in [1.54, 1.807) is 24.4 Å². The van der Waals surface area contributed by atoms with Crippen LogP contribution >= 0.6 is 0 Å². The molecular weight excluding hydrogens is 1100 g/mol. The predicted molar refractivity (Wildman–Crippen MR) is 296 cm³/mol. The number of hydrogen-bond donors (Lipinski definition) is 0. The molecule has 10 rings (SSSR count). The van der Waals surface area contributed by atoms with Gasteiger partial charge in [-0.05, 0) is 127 Å². The second kappa shape index (κ2) is 20.6. The number of nitrogens with zero attached hydrogens (tertiary/aromatic N) is 3. The molecule has 0 aliphatic heterocycles. The minimum absolute atomic E-state index is 0. The molecule has 0 saturated heterocycles. The van der Waals surface area contributed by atoms with E-state index in [4.69, 9.17) is 9.40 Å². The van der Waals surface area contributed by atoms with Crippen LogP contribution in [0.3, 0.4) is 0 Å². The Hall–Kier alpha value is -6.60. The van der Waals surface area contributed by atoms with Crippen molar-refractivity contribution in [1.82, 2.24) is 14.5 Å². The molecule has 8 heteroatoms. The van der Waals surface area contributed by atoms with Crippen LogP contribution in [0.4, 0.5) is 13.2 Å². The van der Waals surface area contributed by atoms with Crippen LogP contribution in [0.1, 0.15) is 130 Å². The summed E-state index contributed by atoms with van der Waals surface area (Å²) in [6.45, 7) is 28.6. The van der Waals surface area contributed by atoms with Crippen molar-refractivity contribution in [2.24, 2.45) is 0 Å². The Bertz CT molecular complexity index is 3580. The van der Waals surface area contributed by atoms with E-state index in [0.717, 1.165) is 50.1 Å². The normalized spacial score (nSPS) is 12.2.